The second-order valence-corrected chi connectivity index (χ2v) is 8.90. The first-order valence-electron chi connectivity index (χ1n) is 8.87. The molecule has 2 aromatic carbocycles. The normalized spacial score (nSPS) is 17.0. The molecular weight excluding hydrogens is 431 g/mol. The van der Waals surface area contributed by atoms with Crippen LogP contribution in [0.4, 0.5) is 10.1 Å². The van der Waals surface area contributed by atoms with Gasteiger partial charge in [-0.3, -0.25) is 4.79 Å². The van der Waals surface area contributed by atoms with Gasteiger partial charge in [-0.1, -0.05) is 29.8 Å². The van der Waals surface area contributed by atoms with Gasteiger partial charge in [-0.2, -0.15) is 0 Å². The molecule has 0 spiro atoms. The van der Waals surface area contributed by atoms with Crippen LogP contribution in [-0.4, -0.2) is 14.2 Å². The first-order chi connectivity index (χ1) is 14.1. The molecule has 9 heteroatoms. The van der Waals surface area contributed by atoms with Crippen LogP contribution in [0, 0.1) is 5.92 Å². The number of halogens is 2. The number of hydrogen-bond acceptors (Lipinski definition) is 5. The zero-order chi connectivity index (χ0) is 21.6. The number of nitrogen functional groups attached to an aromatic ring is 1. The van der Waals surface area contributed by atoms with E-state index in [0.717, 1.165) is 6.08 Å². The zero-order valence-corrected chi connectivity index (χ0v) is 17.0. The molecular formula is C21H16ClFN2O4S. The van der Waals surface area contributed by atoms with Gasteiger partial charge >= 0.3 is 0 Å². The lowest BCUT2D eigenvalue weighted by atomic mass is 9.93. The van der Waals surface area contributed by atoms with E-state index < -0.39 is 27.6 Å². The number of rotatable bonds is 4. The smallest absolute Gasteiger partial charge is 0.238 e. The number of Topliss-reactive ketones (excluding diaryl/α,β-unsaturated/α-hetero) is 1. The fraction of sp³-hybridized carbons (Fsp3) is 0.0952. The van der Waals surface area contributed by atoms with E-state index in [4.69, 9.17) is 26.9 Å². The topological polar surface area (TPSA) is 116 Å². The van der Waals surface area contributed by atoms with Gasteiger partial charge in [0.2, 0.25) is 15.8 Å². The Morgan fingerprint density at radius 3 is 2.60 bits per heavy atom. The fourth-order valence-corrected chi connectivity index (χ4v) is 4.21. The SMILES string of the molecule is Nc1c(C(=O)C2CC=C(F)C=C2Cl)oc2cc(-c3cccc(S(N)(=O)=O)c3)ccc12. The summed E-state index contributed by atoms with van der Waals surface area (Å²) in [5.74, 6) is -1.74. The van der Waals surface area contributed by atoms with Crippen LogP contribution in [0.5, 0.6) is 0 Å². The number of nitrogens with two attached hydrogens (primary N) is 2. The van der Waals surface area contributed by atoms with Gasteiger partial charge in [0.05, 0.1) is 16.5 Å². The number of benzene rings is 2. The predicted molar refractivity (Wildman–Crippen MR) is 113 cm³/mol. The van der Waals surface area contributed by atoms with Crippen molar-refractivity contribution in [3.63, 3.8) is 0 Å². The van der Waals surface area contributed by atoms with E-state index in [1.54, 1.807) is 30.3 Å². The number of anilines is 1. The Balaban J connectivity index is 1.74. The number of carbonyl (C=O) groups excluding carboxylic acids is 1. The van der Waals surface area contributed by atoms with E-state index in [9.17, 15) is 17.6 Å². The molecule has 0 amide bonds. The average molecular weight is 447 g/mol. The highest BCUT2D eigenvalue weighted by molar-refractivity contribution is 7.89. The quantitative estimate of drug-likeness (QED) is 0.572. The van der Waals surface area contributed by atoms with Crippen molar-refractivity contribution in [1.29, 1.82) is 0 Å². The molecule has 1 atom stereocenters. The van der Waals surface area contributed by atoms with Gasteiger partial charge in [-0.25, -0.2) is 17.9 Å². The first kappa shape index (κ1) is 20.3. The molecule has 3 aromatic rings. The van der Waals surface area contributed by atoms with Gasteiger partial charge < -0.3 is 10.2 Å². The minimum Gasteiger partial charge on any atom is -0.451 e. The van der Waals surface area contributed by atoms with Gasteiger partial charge in [0.1, 0.15) is 11.4 Å². The highest BCUT2D eigenvalue weighted by Gasteiger charge is 2.30. The lowest BCUT2D eigenvalue weighted by Gasteiger charge is -2.15. The summed E-state index contributed by atoms with van der Waals surface area (Å²) in [7, 11) is -3.85. The molecule has 1 aliphatic rings. The molecule has 0 fully saturated rings. The lowest BCUT2D eigenvalue weighted by molar-refractivity contribution is 0.0918. The summed E-state index contributed by atoms with van der Waals surface area (Å²) in [6, 6.07) is 11.2. The number of allylic oxidation sites excluding steroid dienone is 4. The van der Waals surface area contributed by atoms with Crippen molar-refractivity contribution in [2.24, 2.45) is 11.1 Å². The van der Waals surface area contributed by atoms with Crippen molar-refractivity contribution < 1.29 is 22.0 Å². The minimum atomic E-state index is -3.85. The highest BCUT2D eigenvalue weighted by Crippen LogP contribution is 2.37. The second-order valence-electron chi connectivity index (χ2n) is 6.90. The first-order valence-corrected chi connectivity index (χ1v) is 10.8. The van der Waals surface area contributed by atoms with Gasteiger partial charge in [0.25, 0.3) is 0 Å². The standard InChI is InChI=1S/C21H16ClFN2O4S/c22-17-10-13(23)5-7-15(17)20(26)21-19(24)16-6-4-12(9-18(16)29-21)11-2-1-3-14(8-11)30(25,27)28/h1-6,8-10,15H,7,24H2,(H2,25,27,28). The Hall–Kier alpha value is -2.94. The van der Waals surface area contributed by atoms with Crippen molar-refractivity contribution in [2.75, 3.05) is 5.73 Å². The number of sulfonamides is 1. The van der Waals surface area contributed by atoms with Crippen molar-refractivity contribution in [1.82, 2.24) is 0 Å². The third kappa shape index (κ3) is 3.65. The summed E-state index contributed by atoms with van der Waals surface area (Å²) in [5, 5.41) is 5.81. The molecule has 0 bridgehead atoms. The number of ketones is 1. The van der Waals surface area contributed by atoms with Gasteiger partial charge in [-0.15, -0.1) is 0 Å². The third-order valence-corrected chi connectivity index (χ3v) is 6.21. The van der Waals surface area contributed by atoms with E-state index in [2.05, 4.69) is 0 Å². The van der Waals surface area contributed by atoms with Crippen LogP contribution in [0.15, 0.2) is 74.8 Å². The fourth-order valence-electron chi connectivity index (χ4n) is 3.36. The maximum absolute atomic E-state index is 13.3. The van der Waals surface area contributed by atoms with Crippen molar-refractivity contribution >= 4 is 44.1 Å². The molecule has 0 saturated carbocycles. The van der Waals surface area contributed by atoms with E-state index in [0.29, 0.717) is 22.1 Å². The minimum absolute atomic E-state index is 0.0195. The molecule has 0 saturated heterocycles. The Morgan fingerprint density at radius 1 is 1.17 bits per heavy atom. The summed E-state index contributed by atoms with van der Waals surface area (Å²) in [6.45, 7) is 0. The predicted octanol–water partition coefficient (Wildman–Crippen LogP) is 4.51. The van der Waals surface area contributed by atoms with Crippen molar-refractivity contribution in [3.8, 4) is 11.1 Å². The van der Waals surface area contributed by atoms with Crippen LogP contribution >= 0.6 is 11.6 Å². The molecule has 4 N–H and O–H groups in total. The monoisotopic (exact) mass is 446 g/mol. The summed E-state index contributed by atoms with van der Waals surface area (Å²) in [5.41, 5.74) is 7.90. The summed E-state index contributed by atoms with van der Waals surface area (Å²) >= 11 is 6.05. The number of carbonyl (C=O) groups is 1. The highest BCUT2D eigenvalue weighted by atomic mass is 35.5. The zero-order valence-electron chi connectivity index (χ0n) is 15.4. The van der Waals surface area contributed by atoms with E-state index in [1.165, 1.54) is 18.2 Å². The summed E-state index contributed by atoms with van der Waals surface area (Å²) in [6.07, 6.45) is 2.50. The summed E-state index contributed by atoms with van der Waals surface area (Å²) in [4.78, 5) is 12.9. The van der Waals surface area contributed by atoms with Crippen LogP contribution in [0.2, 0.25) is 0 Å². The lowest BCUT2D eigenvalue weighted by Crippen LogP contribution is -2.17. The second kappa shape index (κ2) is 7.39. The number of hydrogen-bond donors (Lipinski definition) is 2. The van der Waals surface area contributed by atoms with Gasteiger partial charge in [-0.05, 0) is 54.0 Å². The van der Waals surface area contributed by atoms with Crippen LogP contribution in [0.1, 0.15) is 17.0 Å². The molecule has 6 nitrogen and oxygen atoms in total. The summed E-state index contributed by atoms with van der Waals surface area (Å²) < 4.78 is 42.3. The molecule has 1 unspecified atom stereocenters. The average Bonchev–Trinajstić information content (AvgIpc) is 3.03. The van der Waals surface area contributed by atoms with E-state index >= 15 is 0 Å². The number of furan rings is 1. The molecule has 30 heavy (non-hydrogen) atoms. The molecule has 4 rings (SSSR count). The Morgan fingerprint density at radius 2 is 1.90 bits per heavy atom. The third-order valence-electron chi connectivity index (χ3n) is 4.92. The molecule has 1 aliphatic carbocycles. The van der Waals surface area contributed by atoms with Crippen LogP contribution in [0.3, 0.4) is 0 Å². The van der Waals surface area contributed by atoms with Crippen LogP contribution in [-0.2, 0) is 10.0 Å². The van der Waals surface area contributed by atoms with Gasteiger partial charge in [0, 0.05) is 10.4 Å². The van der Waals surface area contributed by atoms with E-state index in [-0.39, 0.29) is 27.8 Å². The molecule has 1 heterocycles. The Labute approximate surface area is 176 Å². The maximum Gasteiger partial charge on any atom is 0.238 e. The maximum atomic E-state index is 13.3. The van der Waals surface area contributed by atoms with Crippen molar-refractivity contribution in [2.45, 2.75) is 11.3 Å². The Kier molecular flexibility index (Phi) is 5.01. The van der Waals surface area contributed by atoms with Crippen LogP contribution in [0.25, 0.3) is 22.1 Å². The van der Waals surface area contributed by atoms with Crippen LogP contribution < -0.4 is 10.9 Å². The largest absolute Gasteiger partial charge is 0.451 e. The van der Waals surface area contributed by atoms with Crippen molar-refractivity contribution in [3.05, 3.63) is 71.2 Å². The number of fused-ring (bicyclic) bond motifs is 1. The van der Waals surface area contributed by atoms with Gasteiger partial charge in [0.15, 0.2) is 5.76 Å². The molecule has 0 radical (unpaired) electrons. The number of primary sulfonamides is 1. The molecule has 154 valence electrons. The Bertz CT molecular complexity index is 1360. The van der Waals surface area contributed by atoms with E-state index in [1.807, 2.05) is 0 Å². The molecule has 1 aromatic heterocycles. The molecule has 0 aliphatic heterocycles.